The summed E-state index contributed by atoms with van der Waals surface area (Å²) in [6, 6.07) is 0.0542. The van der Waals surface area contributed by atoms with Crippen LogP contribution in [0.5, 0.6) is 0 Å². The molecule has 1 saturated heterocycles. The van der Waals surface area contributed by atoms with Gasteiger partial charge in [-0.15, -0.1) is 0 Å². The summed E-state index contributed by atoms with van der Waals surface area (Å²) in [7, 11) is 0. The topological polar surface area (TPSA) is 60.8 Å². The molecular formula is C19H28N2O4. The Labute approximate surface area is 149 Å². The standard InChI is InChI=1S/C19H28N2O4/c1-6-20-14(4)16(18(15(20)5)19(23)25-7-2)8-9-17(22)21-10-11-24-12-13(21)3/h8-9,13H,6-7,10-12H2,1-5H3. The molecule has 0 aromatic carbocycles. The molecule has 1 amide bonds. The first-order valence-electron chi connectivity index (χ1n) is 8.85. The fraction of sp³-hybridized carbons (Fsp3) is 0.579. The number of carbonyl (C=O) groups is 2. The molecule has 1 aliphatic rings. The average molecular weight is 348 g/mol. The Morgan fingerprint density at radius 1 is 1.28 bits per heavy atom. The number of nitrogens with zero attached hydrogens (tertiary/aromatic N) is 2. The molecule has 1 aliphatic heterocycles. The van der Waals surface area contributed by atoms with E-state index in [2.05, 4.69) is 4.57 Å². The van der Waals surface area contributed by atoms with E-state index in [1.54, 1.807) is 24.0 Å². The lowest BCUT2D eigenvalue weighted by Crippen LogP contribution is -2.46. The number of hydrogen-bond donors (Lipinski definition) is 0. The van der Waals surface area contributed by atoms with Gasteiger partial charge in [0.25, 0.3) is 0 Å². The van der Waals surface area contributed by atoms with Crippen LogP contribution in [0.15, 0.2) is 6.08 Å². The van der Waals surface area contributed by atoms with E-state index in [1.165, 1.54) is 0 Å². The zero-order valence-electron chi connectivity index (χ0n) is 15.8. The van der Waals surface area contributed by atoms with Gasteiger partial charge < -0.3 is 18.9 Å². The fourth-order valence-corrected chi connectivity index (χ4v) is 3.35. The van der Waals surface area contributed by atoms with Gasteiger partial charge in [0, 0.05) is 36.1 Å². The highest BCUT2D eigenvalue weighted by Gasteiger charge is 2.24. The maximum atomic E-state index is 12.5. The van der Waals surface area contributed by atoms with E-state index in [0.29, 0.717) is 31.9 Å². The van der Waals surface area contributed by atoms with E-state index in [9.17, 15) is 9.59 Å². The minimum atomic E-state index is -0.345. The molecule has 0 radical (unpaired) electrons. The molecule has 138 valence electrons. The molecule has 0 N–H and O–H groups in total. The zero-order chi connectivity index (χ0) is 18.6. The summed E-state index contributed by atoms with van der Waals surface area (Å²) >= 11 is 0. The van der Waals surface area contributed by atoms with Crippen LogP contribution in [0.2, 0.25) is 0 Å². The predicted octanol–water partition coefficient (Wildman–Crippen LogP) is 2.56. The van der Waals surface area contributed by atoms with E-state index in [-0.39, 0.29) is 17.9 Å². The smallest absolute Gasteiger partial charge is 0.340 e. The van der Waals surface area contributed by atoms with Crippen molar-refractivity contribution >= 4 is 18.0 Å². The minimum Gasteiger partial charge on any atom is -0.462 e. The number of aromatic nitrogens is 1. The first-order chi connectivity index (χ1) is 11.9. The van der Waals surface area contributed by atoms with E-state index >= 15 is 0 Å². The van der Waals surface area contributed by atoms with Crippen molar-refractivity contribution in [1.29, 1.82) is 0 Å². The Morgan fingerprint density at radius 2 is 2.00 bits per heavy atom. The van der Waals surface area contributed by atoms with Crippen LogP contribution in [0.25, 0.3) is 6.08 Å². The van der Waals surface area contributed by atoms with Gasteiger partial charge in [-0.1, -0.05) is 0 Å². The lowest BCUT2D eigenvalue weighted by Gasteiger charge is -2.32. The maximum absolute atomic E-state index is 12.5. The van der Waals surface area contributed by atoms with Crippen molar-refractivity contribution in [3.05, 3.63) is 28.6 Å². The van der Waals surface area contributed by atoms with Crippen LogP contribution >= 0.6 is 0 Å². The highest BCUT2D eigenvalue weighted by Crippen LogP contribution is 2.25. The highest BCUT2D eigenvalue weighted by molar-refractivity contribution is 5.99. The van der Waals surface area contributed by atoms with Crippen LogP contribution < -0.4 is 0 Å². The number of morpholine rings is 1. The van der Waals surface area contributed by atoms with Crippen LogP contribution in [-0.2, 0) is 20.8 Å². The van der Waals surface area contributed by atoms with Crippen LogP contribution in [0.4, 0.5) is 0 Å². The normalized spacial score (nSPS) is 18.0. The first kappa shape index (κ1) is 19.2. The molecule has 1 aromatic rings. The van der Waals surface area contributed by atoms with Gasteiger partial charge >= 0.3 is 5.97 Å². The first-order valence-corrected chi connectivity index (χ1v) is 8.85. The Hall–Kier alpha value is -2.08. The van der Waals surface area contributed by atoms with Gasteiger partial charge in [0.15, 0.2) is 0 Å². The Morgan fingerprint density at radius 3 is 2.60 bits per heavy atom. The number of esters is 1. The molecule has 25 heavy (non-hydrogen) atoms. The summed E-state index contributed by atoms with van der Waals surface area (Å²) in [5.74, 6) is -0.408. The zero-order valence-corrected chi connectivity index (χ0v) is 15.8. The SMILES string of the molecule is CCOC(=O)c1c(C=CC(=O)N2CCOCC2C)c(C)n(CC)c1C. The summed E-state index contributed by atoms with van der Waals surface area (Å²) in [4.78, 5) is 26.7. The monoisotopic (exact) mass is 348 g/mol. The molecule has 0 saturated carbocycles. The summed E-state index contributed by atoms with van der Waals surface area (Å²) in [5, 5.41) is 0. The Kier molecular flexibility index (Phi) is 6.42. The summed E-state index contributed by atoms with van der Waals surface area (Å²) in [6.07, 6.45) is 3.29. The molecule has 6 heteroatoms. The number of ether oxygens (including phenoxy) is 2. The summed E-state index contributed by atoms with van der Waals surface area (Å²) in [5.41, 5.74) is 3.12. The number of hydrogen-bond acceptors (Lipinski definition) is 4. The molecule has 2 heterocycles. The second-order valence-corrected chi connectivity index (χ2v) is 6.21. The second kappa shape index (κ2) is 8.34. The van der Waals surface area contributed by atoms with Crippen molar-refractivity contribution in [3.63, 3.8) is 0 Å². The average Bonchev–Trinajstić information content (AvgIpc) is 2.83. The lowest BCUT2D eigenvalue weighted by atomic mass is 10.1. The van der Waals surface area contributed by atoms with Gasteiger partial charge in [0.05, 0.1) is 31.4 Å². The molecule has 0 aliphatic carbocycles. The van der Waals surface area contributed by atoms with Crippen LogP contribution in [0.1, 0.15) is 48.1 Å². The molecule has 6 nitrogen and oxygen atoms in total. The van der Waals surface area contributed by atoms with Gasteiger partial charge in [-0.3, -0.25) is 4.79 Å². The number of amides is 1. The van der Waals surface area contributed by atoms with Crippen LogP contribution in [0, 0.1) is 13.8 Å². The van der Waals surface area contributed by atoms with E-state index in [1.807, 2.05) is 27.7 Å². The van der Waals surface area contributed by atoms with Crippen LogP contribution in [0.3, 0.4) is 0 Å². The largest absolute Gasteiger partial charge is 0.462 e. The molecule has 1 unspecified atom stereocenters. The Balaban J connectivity index is 2.34. The van der Waals surface area contributed by atoms with Gasteiger partial charge in [-0.2, -0.15) is 0 Å². The number of rotatable bonds is 5. The molecule has 0 bridgehead atoms. The second-order valence-electron chi connectivity index (χ2n) is 6.21. The van der Waals surface area contributed by atoms with Gasteiger partial charge in [0.1, 0.15) is 0 Å². The summed E-state index contributed by atoms with van der Waals surface area (Å²) < 4.78 is 12.6. The fourth-order valence-electron chi connectivity index (χ4n) is 3.35. The van der Waals surface area contributed by atoms with Crippen LogP contribution in [-0.4, -0.2) is 53.8 Å². The molecular weight excluding hydrogens is 320 g/mol. The predicted molar refractivity (Wildman–Crippen MR) is 96.6 cm³/mol. The quantitative estimate of drug-likeness (QED) is 0.606. The molecule has 1 fully saturated rings. The third-order valence-electron chi connectivity index (χ3n) is 4.67. The highest BCUT2D eigenvalue weighted by atomic mass is 16.5. The van der Waals surface area contributed by atoms with Gasteiger partial charge in [-0.05, 0) is 40.7 Å². The van der Waals surface area contributed by atoms with Gasteiger partial charge in [-0.25, -0.2) is 4.79 Å². The van der Waals surface area contributed by atoms with Gasteiger partial charge in [0.2, 0.25) is 5.91 Å². The molecule has 0 spiro atoms. The lowest BCUT2D eigenvalue weighted by molar-refractivity contribution is -0.133. The van der Waals surface area contributed by atoms with Crippen molar-refractivity contribution < 1.29 is 19.1 Å². The molecule has 1 aromatic heterocycles. The molecule has 1 atom stereocenters. The van der Waals surface area contributed by atoms with Crippen molar-refractivity contribution in [2.24, 2.45) is 0 Å². The number of carbonyl (C=O) groups excluding carboxylic acids is 2. The van der Waals surface area contributed by atoms with Crippen molar-refractivity contribution in [1.82, 2.24) is 9.47 Å². The van der Waals surface area contributed by atoms with Crippen molar-refractivity contribution in [3.8, 4) is 0 Å². The minimum absolute atomic E-state index is 0.0542. The van der Waals surface area contributed by atoms with E-state index in [4.69, 9.17) is 9.47 Å². The van der Waals surface area contributed by atoms with Crippen molar-refractivity contribution in [2.45, 2.75) is 47.2 Å². The van der Waals surface area contributed by atoms with E-state index < -0.39 is 0 Å². The third kappa shape index (κ3) is 3.95. The Bertz CT molecular complexity index is 675. The maximum Gasteiger partial charge on any atom is 0.340 e. The van der Waals surface area contributed by atoms with Crippen molar-refractivity contribution in [2.75, 3.05) is 26.4 Å². The third-order valence-corrected chi connectivity index (χ3v) is 4.67. The summed E-state index contributed by atoms with van der Waals surface area (Å²) in [6.45, 7) is 12.4. The van der Waals surface area contributed by atoms with E-state index in [0.717, 1.165) is 23.5 Å². The molecule has 2 rings (SSSR count).